The normalized spacial score (nSPS) is 11.2. The summed E-state index contributed by atoms with van der Waals surface area (Å²) in [5, 5.41) is 0. The fourth-order valence-corrected chi connectivity index (χ4v) is 2.29. The molecule has 2 aromatic heterocycles. The molecule has 1 aromatic carbocycles. The lowest BCUT2D eigenvalue weighted by molar-refractivity contribution is 0.628. The molecule has 4 nitrogen and oxygen atoms in total. The molecule has 3 aromatic rings. The Bertz CT molecular complexity index is 752. The molecule has 0 N–H and O–H groups in total. The summed E-state index contributed by atoms with van der Waals surface area (Å²) in [7, 11) is 0. The van der Waals surface area contributed by atoms with Gasteiger partial charge < -0.3 is 4.57 Å². The van der Waals surface area contributed by atoms with Crippen molar-refractivity contribution >= 4 is 22.6 Å². The fraction of sp³-hybridized carbons (Fsp3) is 0.214. The van der Waals surface area contributed by atoms with E-state index in [9.17, 15) is 4.39 Å². The summed E-state index contributed by atoms with van der Waals surface area (Å²) in [6, 6.07) is 4.50. The zero-order chi connectivity index (χ0) is 14.1. The first-order chi connectivity index (χ1) is 9.67. The second-order valence-corrected chi connectivity index (χ2v) is 4.80. The van der Waals surface area contributed by atoms with Gasteiger partial charge in [-0.25, -0.2) is 9.37 Å². The zero-order valence-corrected chi connectivity index (χ0v) is 11.6. The zero-order valence-electron chi connectivity index (χ0n) is 10.8. The van der Waals surface area contributed by atoms with Gasteiger partial charge in [0.25, 0.3) is 0 Å². The van der Waals surface area contributed by atoms with Crippen LogP contribution in [0.3, 0.4) is 0 Å². The number of imidazole rings is 1. The molecule has 0 saturated heterocycles. The van der Waals surface area contributed by atoms with Gasteiger partial charge in [-0.3, -0.25) is 9.97 Å². The standard InChI is InChI=1S/C14H12ClFN4/c1-9-6-18-11(7-17-9)8-20-13-4-10(16)2-3-12(13)19-14(20)5-15/h2-4,6-7H,5,8H2,1H3. The van der Waals surface area contributed by atoms with Crippen LogP contribution in [0.25, 0.3) is 11.0 Å². The number of aryl methyl sites for hydroxylation is 1. The van der Waals surface area contributed by atoms with Crippen molar-refractivity contribution in [2.24, 2.45) is 0 Å². The van der Waals surface area contributed by atoms with Crippen molar-refractivity contribution in [3.05, 3.63) is 53.6 Å². The second kappa shape index (κ2) is 5.17. The van der Waals surface area contributed by atoms with E-state index in [1.165, 1.54) is 12.1 Å². The van der Waals surface area contributed by atoms with E-state index < -0.39 is 0 Å². The van der Waals surface area contributed by atoms with Crippen molar-refractivity contribution in [2.75, 3.05) is 0 Å². The van der Waals surface area contributed by atoms with Gasteiger partial charge in [0, 0.05) is 6.20 Å². The number of alkyl halides is 1. The molecule has 0 saturated carbocycles. The van der Waals surface area contributed by atoms with E-state index in [4.69, 9.17) is 11.6 Å². The van der Waals surface area contributed by atoms with E-state index >= 15 is 0 Å². The predicted molar refractivity (Wildman–Crippen MR) is 75.1 cm³/mol. The molecule has 0 radical (unpaired) electrons. The molecule has 0 atom stereocenters. The Morgan fingerprint density at radius 3 is 2.80 bits per heavy atom. The van der Waals surface area contributed by atoms with Crippen LogP contribution in [0.15, 0.2) is 30.6 Å². The summed E-state index contributed by atoms with van der Waals surface area (Å²) in [4.78, 5) is 12.9. The quantitative estimate of drug-likeness (QED) is 0.696. The van der Waals surface area contributed by atoms with E-state index in [1.807, 2.05) is 11.5 Å². The summed E-state index contributed by atoms with van der Waals surface area (Å²) in [5.74, 6) is 0.652. The van der Waals surface area contributed by atoms with Crippen molar-refractivity contribution in [2.45, 2.75) is 19.3 Å². The molecular formula is C14H12ClFN4. The first-order valence-corrected chi connectivity index (χ1v) is 6.69. The first-order valence-electron chi connectivity index (χ1n) is 6.15. The SMILES string of the molecule is Cc1cnc(Cn2c(CCl)nc3ccc(F)cc32)cn1. The largest absolute Gasteiger partial charge is 0.321 e. The van der Waals surface area contributed by atoms with Crippen molar-refractivity contribution in [3.63, 3.8) is 0 Å². The Labute approximate surface area is 120 Å². The van der Waals surface area contributed by atoms with Crippen molar-refractivity contribution in [1.29, 1.82) is 0 Å². The number of nitrogens with zero attached hydrogens (tertiary/aromatic N) is 4. The predicted octanol–water partition coefficient (Wildman–Crippen LogP) is 3.06. The molecule has 0 fully saturated rings. The average Bonchev–Trinajstić information content (AvgIpc) is 2.79. The topological polar surface area (TPSA) is 43.6 Å². The van der Waals surface area contributed by atoms with Gasteiger partial charge >= 0.3 is 0 Å². The van der Waals surface area contributed by atoms with Crippen LogP contribution in [-0.4, -0.2) is 19.5 Å². The van der Waals surface area contributed by atoms with Gasteiger partial charge in [-0.15, -0.1) is 11.6 Å². The maximum Gasteiger partial charge on any atom is 0.125 e. The van der Waals surface area contributed by atoms with E-state index in [0.29, 0.717) is 17.9 Å². The van der Waals surface area contributed by atoms with E-state index in [1.54, 1.807) is 18.5 Å². The van der Waals surface area contributed by atoms with Crippen molar-refractivity contribution in [1.82, 2.24) is 19.5 Å². The van der Waals surface area contributed by atoms with Crippen LogP contribution < -0.4 is 0 Å². The Kier molecular flexibility index (Phi) is 3.36. The molecule has 0 aliphatic carbocycles. The van der Waals surface area contributed by atoms with Gasteiger partial charge in [-0.1, -0.05) is 0 Å². The van der Waals surface area contributed by atoms with E-state index in [0.717, 1.165) is 16.9 Å². The lowest BCUT2D eigenvalue weighted by Crippen LogP contribution is -2.06. The average molecular weight is 291 g/mol. The highest BCUT2D eigenvalue weighted by atomic mass is 35.5. The van der Waals surface area contributed by atoms with E-state index in [2.05, 4.69) is 15.0 Å². The number of halogens is 2. The lowest BCUT2D eigenvalue weighted by atomic mass is 10.3. The fourth-order valence-electron chi connectivity index (χ4n) is 2.09. The van der Waals surface area contributed by atoms with Crippen molar-refractivity contribution < 1.29 is 4.39 Å². The third kappa shape index (κ3) is 2.36. The molecule has 0 amide bonds. The molecule has 3 rings (SSSR count). The number of hydrogen-bond donors (Lipinski definition) is 0. The van der Waals surface area contributed by atoms with Gasteiger partial charge in [-0.05, 0) is 25.1 Å². The molecule has 0 aliphatic rings. The van der Waals surface area contributed by atoms with Crippen LogP contribution in [0, 0.1) is 12.7 Å². The molecule has 6 heteroatoms. The smallest absolute Gasteiger partial charge is 0.125 e. The van der Waals surface area contributed by atoms with Crippen LogP contribution in [-0.2, 0) is 12.4 Å². The highest BCUT2D eigenvalue weighted by molar-refractivity contribution is 6.16. The highest BCUT2D eigenvalue weighted by Gasteiger charge is 2.11. The number of rotatable bonds is 3. The van der Waals surface area contributed by atoms with Crippen molar-refractivity contribution in [3.8, 4) is 0 Å². The third-order valence-corrected chi connectivity index (χ3v) is 3.30. The van der Waals surface area contributed by atoms with E-state index in [-0.39, 0.29) is 11.7 Å². The van der Waals surface area contributed by atoms with Gasteiger partial charge in [0.2, 0.25) is 0 Å². The van der Waals surface area contributed by atoms with Crippen LogP contribution in [0.5, 0.6) is 0 Å². The minimum Gasteiger partial charge on any atom is -0.321 e. The highest BCUT2D eigenvalue weighted by Crippen LogP contribution is 2.20. The Hall–Kier alpha value is -2.01. The van der Waals surface area contributed by atoms with Crippen LogP contribution in [0.2, 0.25) is 0 Å². The maximum absolute atomic E-state index is 13.4. The molecule has 2 heterocycles. The Balaban J connectivity index is 2.08. The second-order valence-electron chi connectivity index (χ2n) is 4.53. The number of aromatic nitrogens is 4. The minimum absolute atomic E-state index is 0.260. The summed E-state index contributed by atoms with van der Waals surface area (Å²) >= 11 is 5.92. The monoisotopic (exact) mass is 290 g/mol. The van der Waals surface area contributed by atoms with Gasteiger partial charge in [0.15, 0.2) is 0 Å². The molecule has 20 heavy (non-hydrogen) atoms. The van der Waals surface area contributed by atoms with Crippen LogP contribution in [0.1, 0.15) is 17.2 Å². The summed E-state index contributed by atoms with van der Waals surface area (Å²) < 4.78 is 15.3. The molecule has 0 spiro atoms. The Morgan fingerprint density at radius 2 is 2.10 bits per heavy atom. The molecule has 0 unspecified atom stereocenters. The first kappa shape index (κ1) is 13.0. The Morgan fingerprint density at radius 1 is 1.25 bits per heavy atom. The van der Waals surface area contributed by atoms with Gasteiger partial charge in [0.05, 0.1) is 41.0 Å². The molecular weight excluding hydrogens is 279 g/mol. The van der Waals surface area contributed by atoms with Crippen LogP contribution >= 0.6 is 11.6 Å². The third-order valence-electron chi connectivity index (χ3n) is 3.06. The van der Waals surface area contributed by atoms with Gasteiger partial charge in [0.1, 0.15) is 11.6 Å². The lowest BCUT2D eigenvalue weighted by Gasteiger charge is -2.07. The van der Waals surface area contributed by atoms with Crippen LogP contribution in [0.4, 0.5) is 4.39 Å². The summed E-state index contributed by atoms with van der Waals surface area (Å²) in [6.07, 6.45) is 3.41. The van der Waals surface area contributed by atoms with Gasteiger partial charge in [-0.2, -0.15) is 0 Å². The molecule has 0 bridgehead atoms. The molecule has 102 valence electrons. The number of fused-ring (bicyclic) bond motifs is 1. The maximum atomic E-state index is 13.4. The number of benzene rings is 1. The summed E-state index contributed by atoms with van der Waals surface area (Å²) in [5.41, 5.74) is 3.07. The minimum atomic E-state index is -0.297. The summed E-state index contributed by atoms with van der Waals surface area (Å²) in [6.45, 7) is 2.35. The molecule has 0 aliphatic heterocycles. The number of hydrogen-bond acceptors (Lipinski definition) is 3.